The summed E-state index contributed by atoms with van der Waals surface area (Å²) in [6, 6.07) is 13.3. The SMILES string of the molecule is NC(=O)CCc1ccc(CC2CCN(S(=O)(=O)c3cccc(F)c3)CC2)cc1. The number of carbonyl (C=O) groups excluding carboxylic acids is 1. The van der Waals surface area contributed by atoms with Gasteiger partial charge in [0.05, 0.1) is 4.90 Å². The number of hydrogen-bond donors (Lipinski definition) is 1. The van der Waals surface area contributed by atoms with Gasteiger partial charge in [-0.15, -0.1) is 0 Å². The van der Waals surface area contributed by atoms with E-state index >= 15 is 0 Å². The van der Waals surface area contributed by atoms with Gasteiger partial charge in [0.2, 0.25) is 15.9 Å². The fraction of sp³-hybridized carbons (Fsp3) is 0.381. The third-order valence-corrected chi connectivity index (χ3v) is 7.11. The van der Waals surface area contributed by atoms with Crippen molar-refractivity contribution in [3.05, 3.63) is 65.5 Å². The molecule has 28 heavy (non-hydrogen) atoms. The fourth-order valence-corrected chi connectivity index (χ4v) is 5.07. The smallest absolute Gasteiger partial charge is 0.243 e. The first-order valence-corrected chi connectivity index (χ1v) is 10.9. The van der Waals surface area contributed by atoms with E-state index in [9.17, 15) is 17.6 Å². The van der Waals surface area contributed by atoms with Crippen molar-refractivity contribution < 1.29 is 17.6 Å². The van der Waals surface area contributed by atoms with Gasteiger partial charge in [0.15, 0.2) is 0 Å². The van der Waals surface area contributed by atoms with Gasteiger partial charge in [0, 0.05) is 19.5 Å². The molecule has 1 aliphatic heterocycles. The molecule has 1 aliphatic rings. The van der Waals surface area contributed by atoms with Crippen molar-refractivity contribution in [1.82, 2.24) is 4.31 Å². The van der Waals surface area contributed by atoms with E-state index in [4.69, 9.17) is 5.73 Å². The number of carbonyl (C=O) groups is 1. The van der Waals surface area contributed by atoms with E-state index < -0.39 is 15.8 Å². The Morgan fingerprint density at radius 1 is 1.07 bits per heavy atom. The average molecular weight is 405 g/mol. The lowest BCUT2D eigenvalue weighted by atomic mass is 9.90. The van der Waals surface area contributed by atoms with Crippen molar-refractivity contribution in [2.75, 3.05) is 13.1 Å². The number of benzene rings is 2. The van der Waals surface area contributed by atoms with Crippen molar-refractivity contribution in [3.63, 3.8) is 0 Å². The second-order valence-corrected chi connectivity index (χ2v) is 9.23. The molecule has 1 fully saturated rings. The van der Waals surface area contributed by atoms with Gasteiger partial charge in [-0.2, -0.15) is 4.31 Å². The van der Waals surface area contributed by atoms with Crippen LogP contribution in [0, 0.1) is 11.7 Å². The molecule has 150 valence electrons. The molecule has 1 heterocycles. The second-order valence-electron chi connectivity index (χ2n) is 7.29. The van der Waals surface area contributed by atoms with Gasteiger partial charge in [-0.05, 0) is 60.9 Å². The molecule has 0 radical (unpaired) electrons. The van der Waals surface area contributed by atoms with Crippen LogP contribution in [-0.2, 0) is 27.7 Å². The van der Waals surface area contributed by atoms with Gasteiger partial charge in [-0.1, -0.05) is 30.3 Å². The second kappa shape index (κ2) is 8.84. The van der Waals surface area contributed by atoms with Crippen LogP contribution in [0.2, 0.25) is 0 Å². The number of rotatable bonds is 7. The Morgan fingerprint density at radius 2 is 1.71 bits per heavy atom. The van der Waals surface area contributed by atoms with Gasteiger partial charge < -0.3 is 5.73 Å². The predicted octanol–water partition coefficient (Wildman–Crippen LogP) is 2.89. The van der Waals surface area contributed by atoms with Crippen molar-refractivity contribution in [1.29, 1.82) is 0 Å². The Balaban J connectivity index is 1.55. The van der Waals surface area contributed by atoms with Crippen LogP contribution in [0.4, 0.5) is 4.39 Å². The zero-order valence-corrected chi connectivity index (χ0v) is 16.5. The lowest BCUT2D eigenvalue weighted by Gasteiger charge is -2.31. The highest BCUT2D eigenvalue weighted by atomic mass is 32.2. The molecule has 0 saturated carbocycles. The van der Waals surface area contributed by atoms with E-state index in [0.717, 1.165) is 30.9 Å². The number of hydrogen-bond acceptors (Lipinski definition) is 3. The molecule has 0 aliphatic carbocycles. The third kappa shape index (κ3) is 5.17. The van der Waals surface area contributed by atoms with Gasteiger partial charge in [-0.3, -0.25) is 4.79 Å². The molecule has 0 bridgehead atoms. The average Bonchev–Trinajstić information content (AvgIpc) is 2.68. The number of primary amides is 1. The molecule has 1 saturated heterocycles. The molecule has 3 rings (SSSR count). The number of piperidine rings is 1. The molecule has 0 atom stereocenters. The standard InChI is InChI=1S/C21H25FN2O3S/c22-19-2-1-3-20(15-19)28(26,27)24-12-10-18(11-13-24)14-17-6-4-16(5-7-17)8-9-21(23)25/h1-7,15,18H,8-14H2,(H2,23,25). The zero-order chi connectivity index (χ0) is 20.1. The predicted molar refractivity (Wildman–Crippen MR) is 106 cm³/mol. The maximum Gasteiger partial charge on any atom is 0.243 e. The maximum absolute atomic E-state index is 13.4. The van der Waals surface area contributed by atoms with Gasteiger partial charge in [-0.25, -0.2) is 12.8 Å². The molecule has 1 amide bonds. The Morgan fingerprint density at radius 3 is 2.32 bits per heavy atom. The molecule has 7 heteroatoms. The molecule has 2 aromatic rings. The van der Waals surface area contributed by atoms with E-state index in [0.29, 0.717) is 31.8 Å². The quantitative estimate of drug-likeness (QED) is 0.771. The van der Waals surface area contributed by atoms with Gasteiger partial charge >= 0.3 is 0 Å². The Kier molecular flexibility index (Phi) is 6.46. The van der Waals surface area contributed by atoms with Crippen LogP contribution in [0.3, 0.4) is 0 Å². The van der Waals surface area contributed by atoms with Crippen molar-refractivity contribution in [2.24, 2.45) is 11.7 Å². The minimum Gasteiger partial charge on any atom is -0.370 e. The number of halogens is 1. The van der Waals surface area contributed by atoms with Crippen LogP contribution in [0.1, 0.15) is 30.4 Å². The largest absolute Gasteiger partial charge is 0.370 e. The lowest BCUT2D eigenvalue weighted by Crippen LogP contribution is -2.38. The van der Waals surface area contributed by atoms with Gasteiger partial charge in [0.1, 0.15) is 5.82 Å². The summed E-state index contributed by atoms with van der Waals surface area (Å²) in [5.74, 6) is -0.435. The molecule has 2 N–H and O–H groups in total. The van der Waals surface area contributed by atoms with Crippen LogP contribution in [0.5, 0.6) is 0 Å². The number of amides is 1. The Bertz CT molecular complexity index is 921. The van der Waals surface area contributed by atoms with E-state index in [1.165, 1.54) is 28.1 Å². The van der Waals surface area contributed by atoms with Crippen molar-refractivity contribution >= 4 is 15.9 Å². The molecule has 0 spiro atoms. The Labute approximate surface area is 165 Å². The van der Waals surface area contributed by atoms with Crippen LogP contribution in [0.15, 0.2) is 53.4 Å². The number of nitrogens with zero attached hydrogens (tertiary/aromatic N) is 1. The van der Waals surface area contributed by atoms with E-state index in [1.807, 2.05) is 12.1 Å². The lowest BCUT2D eigenvalue weighted by molar-refractivity contribution is -0.117. The summed E-state index contributed by atoms with van der Waals surface area (Å²) in [4.78, 5) is 10.9. The normalized spacial score (nSPS) is 16.2. The minimum atomic E-state index is -3.64. The summed E-state index contributed by atoms with van der Waals surface area (Å²) in [6.45, 7) is 0.889. The summed E-state index contributed by atoms with van der Waals surface area (Å²) in [5.41, 5.74) is 7.46. The molecule has 2 aromatic carbocycles. The van der Waals surface area contributed by atoms with Gasteiger partial charge in [0.25, 0.3) is 0 Å². The van der Waals surface area contributed by atoms with Crippen LogP contribution >= 0.6 is 0 Å². The molecule has 5 nitrogen and oxygen atoms in total. The summed E-state index contributed by atoms with van der Waals surface area (Å²) in [6.07, 6.45) is 3.43. The summed E-state index contributed by atoms with van der Waals surface area (Å²) in [5, 5.41) is 0. The number of nitrogens with two attached hydrogens (primary N) is 1. The number of aryl methyl sites for hydroxylation is 1. The zero-order valence-electron chi connectivity index (χ0n) is 15.7. The summed E-state index contributed by atoms with van der Waals surface area (Å²) in [7, 11) is -3.64. The first-order valence-electron chi connectivity index (χ1n) is 9.46. The van der Waals surface area contributed by atoms with Crippen LogP contribution in [-0.4, -0.2) is 31.7 Å². The Hall–Kier alpha value is -2.25. The van der Waals surface area contributed by atoms with Crippen molar-refractivity contribution in [3.8, 4) is 0 Å². The molecular formula is C21H25FN2O3S. The maximum atomic E-state index is 13.4. The molecule has 0 aromatic heterocycles. The highest BCUT2D eigenvalue weighted by Crippen LogP contribution is 2.26. The monoisotopic (exact) mass is 404 g/mol. The number of sulfonamides is 1. The van der Waals surface area contributed by atoms with Crippen LogP contribution < -0.4 is 5.73 Å². The van der Waals surface area contributed by atoms with E-state index in [-0.39, 0.29) is 10.8 Å². The highest BCUT2D eigenvalue weighted by molar-refractivity contribution is 7.89. The topological polar surface area (TPSA) is 80.5 Å². The fourth-order valence-electron chi connectivity index (χ4n) is 3.57. The first kappa shape index (κ1) is 20.5. The summed E-state index contributed by atoms with van der Waals surface area (Å²) < 4.78 is 40.2. The minimum absolute atomic E-state index is 0.0116. The third-order valence-electron chi connectivity index (χ3n) is 5.21. The van der Waals surface area contributed by atoms with E-state index in [2.05, 4.69) is 12.1 Å². The molecule has 0 unspecified atom stereocenters. The molecular weight excluding hydrogens is 379 g/mol. The van der Waals surface area contributed by atoms with Crippen molar-refractivity contribution in [2.45, 2.75) is 37.0 Å². The van der Waals surface area contributed by atoms with E-state index in [1.54, 1.807) is 0 Å². The van der Waals surface area contributed by atoms with Crippen LogP contribution in [0.25, 0.3) is 0 Å². The summed E-state index contributed by atoms with van der Waals surface area (Å²) >= 11 is 0. The first-order chi connectivity index (χ1) is 13.3. The highest BCUT2D eigenvalue weighted by Gasteiger charge is 2.29.